The second-order valence-corrected chi connectivity index (χ2v) is 8.95. The van der Waals surface area contributed by atoms with Crippen molar-refractivity contribution < 1.29 is 18.0 Å². The molecule has 4 aromatic rings. The van der Waals surface area contributed by atoms with Crippen molar-refractivity contribution in [3.63, 3.8) is 0 Å². The Hall–Kier alpha value is -3.99. The van der Waals surface area contributed by atoms with Gasteiger partial charge < -0.3 is 20.5 Å². The van der Waals surface area contributed by atoms with Crippen molar-refractivity contribution in [2.45, 2.75) is 25.6 Å². The van der Waals surface area contributed by atoms with Gasteiger partial charge in [-0.2, -0.15) is 13.2 Å². The number of anilines is 2. The number of amides is 1. The monoisotopic (exact) mass is 495 g/mol. The number of carbonyl (C=O) groups excluding carboxylic acids is 1. The van der Waals surface area contributed by atoms with Crippen molar-refractivity contribution in [1.29, 1.82) is 0 Å². The van der Waals surface area contributed by atoms with Crippen molar-refractivity contribution in [3.05, 3.63) is 65.7 Å². The minimum absolute atomic E-state index is 0.177. The van der Waals surface area contributed by atoms with E-state index in [9.17, 15) is 18.0 Å². The molecule has 0 radical (unpaired) electrons. The first-order valence-corrected chi connectivity index (χ1v) is 11.4. The molecule has 1 fully saturated rings. The van der Waals surface area contributed by atoms with Crippen LogP contribution in [0.1, 0.15) is 34.1 Å². The molecule has 1 aliphatic rings. The quantitative estimate of drug-likeness (QED) is 0.431. The smallest absolute Gasteiger partial charge is 0.383 e. The van der Waals surface area contributed by atoms with Gasteiger partial charge in [0.1, 0.15) is 23.6 Å². The van der Waals surface area contributed by atoms with Gasteiger partial charge in [0.15, 0.2) is 0 Å². The molecule has 0 saturated carbocycles. The maximum absolute atomic E-state index is 13.0. The fraction of sp³-hybridized carbons (Fsp3) is 0.280. The maximum atomic E-state index is 13.0. The van der Waals surface area contributed by atoms with Crippen molar-refractivity contribution in [3.8, 4) is 11.1 Å². The largest absolute Gasteiger partial charge is 0.416 e. The zero-order valence-electron chi connectivity index (χ0n) is 19.7. The number of halogens is 3. The maximum Gasteiger partial charge on any atom is 0.416 e. The number of nitrogens with zero attached hydrogens (tertiary/aromatic N) is 5. The second-order valence-electron chi connectivity index (χ2n) is 8.95. The molecule has 0 spiro atoms. The predicted octanol–water partition coefficient (Wildman–Crippen LogP) is 4.53. The summed E-state index contributed by atoms with van der Waals surface area (Å²) < 4.78 is 41.1. The molecule has 0 aliphatic carbocycles. The van der Waals surface area contributed by atoms with Gasteiger partial charge in [0.2, 0.25) is 0 Å². The van der Waals surface area contributed by atoms with E-state index < -0.39 is 17.6 Å². The van der Waals surface area contributed by atoms with Crippen LogP contribution in [0.4, 0.5) is 24.8 Å². The van der Waals surface area contributed by atoms with E-state index in [0.29, 0.717) is 5.82 Å². The molecule has 4 heterocycles. The number of carbonyl (C=O) groups is 1. The van der Waals surface area contributed by atoms with Crippen LogP contribution in [0.5, 0.6) is 0 Å². The van der Waals surface area contributed by atoms with E-state index >= 15 is 0 Å². The van der Waals surface area contributed by atoms with E-state index in [2.05, 4.69) is 36.8 Å². The first kappa shape index (κ1) is 23.7. The Morgan fingerprint density at radius 2 is 1.89 bits per heavy atom. The van der Waals surface area contributed by atoms with E-state index in [0.717, 1.165) is 65.7 Å². The number of benzene rings is 1. The minimum atomic E-state index is -4.53. The molecule has 1 unspecified atom stereocenters. The number of nitrogens with one attached hydrogen (secondary N) is 1. The van der Waals surface area contributed by atoms with Crippen LogP contribution in [0.15, 0.2) is 48.9 Å². The Morgan fingerprint density at radius 3 is 2.56 bits per heavy atom. The summed E-state index contributed by atoms with van der Waals surface area (Å²) in [5, 5.41) is 3.19. The number of nitrogen functional groups attached to an aromatic ring is 1. The Labute approximate surface area is 205 Å². The van der Waals surface area contributed by atoms with Crippen LogP contribution in [-0.4, -0.2) is 50.5 Å². The number of fused-ring (bicyclic) bond motifs is 1. The van der Waals surface area contributed by atoms with Crippen molar-refractivity contribution in [2.24, 2.45) is 0 Å². The molecule has 1 aliphatic heterocycles. The summed E-state index contributed by atoms with van der Waals surface area (Å²) in [4.78, 5) is 27.5. The lowest BCUT2D eigenvalue weighted by molar-refractivity contribution is -0.137. The second kappa shape index (κ2) is 8.90. The molecular weight excluding hydrogens is 471 g/mol. The SMILES string of the molecule is Cc1c(-c2ccc(C(=O)Nc3cc(C(F)(F)F)ccn3)cc2)c2c(N)ncnc2n1C1CCN(C)C1. The van der Waals surface area contributed by atoms with E-state index in [4.69, 9.17) is 5.73 Å². The van der Waals surface area contributed by atoms with Gasteiger partial charge in [-0.25, -0.2) is 15.0 Å². The molecule has 36 heavy (non-hydrogen) atoms. The van der Waals surface area contributed by atoms with Crippen molar-refractivity contribution in [2.75, 3.05) is 31.2 Å². The van der Waals surface area contributed by atoms with Crippen LogP contribution in [0.3, 0.4) is 0 Å². The van der Waals surface area contributed by atoms with Gasteiger partial charge in [-0.1, -0.05) is 12.1 Å². The highest BCUT2D eigenvalue weighted by atomic mass is 19.4. The van der Waals surface area contributed by atoms with Crippen LogP contribution < -0.4 is 11.1 Å². The molecule has 1 saturated heterocycles. The van der Waals surface area contributed by atoms with Gasteiger partial charge in [-0.3, -0.25) is 4.79 Å². The standard InChI is InChI=1S/C25H24F3N7O/c1-14-20(21-22(29)31-13-32-23(21)35(14)18-8-10-34(2)12-18)15-3-5-16(6-4-15)24(36)33-19-11-17(7-9-30-19)25(26,27)28/h3-7,9,11,13,18H,8,10,12H2,1-2H3,(H2,29,31,32)(H,30,33,36). The summed E-state index contributed by atoms with van der Waals surface area (Å²) in [6, 6.07) is 8.71. The number of nitrogens with two attached hydrogens (primary N) is 1. The number of pyridine rings is 1. The lowest BCUT2D eigenvalue weighted by atomic mass is 10.0. The first-order valence-electron chi connectivity index (χ1n) is 11.4. The van der Waals surface area contributed by atoms with Gasteiger partial charge in [0, 0.05) is 35.6 Å². The number of likely N-dealkylation sites (N-methyl/N-ethyl adjacent to an activating group) is 1. The van der Waals surface area contributed by atoms with E-state index in [1.165, 1.54) is 6.33 Å². The Bertz CT molecular complexity index is 1450. The average molecular weight is 496 g/mol. The van der Waals surface area contributed by atoms with Crippen molar-refractivity contribution in [1.82, 2.24) is 24.4 Å². The molecule has 11 heteroatoms. The lowest BCUT2D eigenvalue weighted by Crippen LogP contribution is -2.17. The van der Waals surface area contributed by atoms with E-state index in [1.54, 1.807) is 24.3 Å². The molecule has 1 aromatic carbocycles. The van der Waals surface area contributed by atoms with Gasteiger partial charge in [0.05, 0.1) is 10.9 Å². The van der Waals surface area contributed by atoms with E-state index in [-0.39, 0.29) is 17.4 Å². The summed E-state index contributed by atoms with van der Waals surface area (Å²) in [5.74, 6) is -0.366. The third kappa shape index (κ3) is 4.26. The van der Waals surface area contributed by atoms with Crippen molar-refractivity contribution >= 4 is 28.6 Å². The normalized spacial score (nSPS) is 16.5. The van der Waals surface area contributed by atoms with Gasteiger partial charge in [-0.15, -0.1) is 0 Å². The number of hydrogen-bond acceptors (Lipinski definition) is 6. The van der Waals surface area contributed by atoms with Crippen LogP contribution in [0.25, 0.3) is 22.2 Å². The van der Waals surface area contributed by atoms with E-state index in [1.807, 2.05) is 6.92 Å². The van der Waals surface area contributed by atoms with Crippen LogP contribution >= 0.6 is 0 Å². The van der Waals surface area contributed by atoms with Gasteiger partial charge in [-0.05, 0) is 56.8 Å². The molecule has 8 nitrogen and oxygen atoms in total. The topological polar surface area (TPSA) is 102 Å². The number of likely N-dealkylation sites (tertiary alicyclic amines) is 1. The highest BCUT2D eigenvalue weighted by molar-refractivity contribution is 6.05. The molecule has 3 aromatic heterocycles. The third-order valence-corrected chi connectivity index (χ3v) is 6.55. The van der Waals surface area contributed by atoms with Crippen LogP contribution in [-0.2, 0) is 6.18 Å². The summed E-state index contributed by atoms with van der Waals surface area (Å²) in [5.41, 5.74) is 9.17. The number of alkyl halides is 3. The van der Waals surface area contributed by atoms with Crippen LogP contribution in [0.2, 0.25) is 0 Å². The number of hydrogen-bond donors (Lipinski definition) is 2. The fourth-order valence-corrected chi connectivity index (χ4v) is 4.85. The molecule has 1 atom stereocenters. The summed E-state index contributed by atoms with van der Waals surface area (Å²) in [6.45, 7) is 3.91. The summed E-state index contributed by atoms with van der Waals surface area (Å²) >= 11 is 0. The third-order valence-electron chi connectivity index (χ3n) is 6.55. The molecule has 3 N–H and O–H groups in total. The number of rotatable bonds is 4. The van der Waals surface area contributed by atoms with Gasteiger partial charge >= 0.3 is 6.18 Å². The number of aromatic nitrogens is 4. The Balaban J connectivity index is 1.47. The molecule has 1 amide bonds. The van der Waals surface area contributed by atoms with Gasteiger partial charge in [0.25, 0.3) is 5.91 Å². The molecule has 0 bridgehead atoms. The first-order chi connectivity index (χ1) is 17.1. The average Bonchev–Trinajstić information content (AvgIpc) is 3.39. The molecule has 186 valence electrons. The summed E-state index contributed by atoms with van der Waals surface area (Å²) in [7, 11) is 2.09. The minimum Gasteiger partial charge on any atom is -0.383 e. The molecular formula is C25H24F3N7O. The van der Waals surface area contributed by atoms with Crippen LogP contribution in [0, 0.1) is 6.92 Å². The zero-order chi connectivity index (χ0) is 25.6. The lowest BCUT2D eigenvalue weighted by Gasteiger charge is -2.16. The Kier molecular flexibility index (Phi) is 5.87. The fourth-order valence-electron chi connectivity index (χ4n) is 4.85. The zero-order valence-corrected chi connectivity index (χ0v) is 19.7. The molecule has 5 rings (SSSR count). The Morgan fingerprint density at radius 1 is 1.14 bits per heavy atom. The predicted molar refractivity (Wildman–Crippen MR) is 130 cm³/mol. The summed E-state index contributed by atoms with van der Waals surface area (Å²) in [6.07, 6.45) is -1.06. The highest BCUT2D eigenvalue weighted by Crippen LogP contribution is 2.39. The highest BCUT2D eigenvalue weighted by Gasteiger charge is 2.31.